The zero-order chi connectivity index (χ0) is 38.3. The summed E-state index contributed by atoms with van der Waals surface area (Å²) < 4.78 is 35.7. The Balaban J connectivity index is 4.12. The van der Waals surface area contributed by atoms with Gasteiger partial charge in [-0.05, 0) is 64.2 Å². The first kappa shape index (κ1) is 51.5. The second-order valence-corrected chi connectivity index (χ2v) is 17.5. The molecule has 0 fully saturated rings. The van der Waals surface area contributed by atoms with Crippen molar-refractivity contribution in [1.82, 2.24) is 0 Å². The molecule has 7 nitrogen and oxygen atoms in total. The van der Waals surface area contributed by atoms with Crippen molar-refractivity contribution in [3.63, 3.8) is 0 Å². The molecule has 8 heteroatoms. The maximum absolute atomic E-state index is 12.5. The molecule has 0 aliphatic heterocycles. The summed E-state index contributed by atoms with van der Waals surface area (Å²) in [7, 11) is 1.90. The number of phosphoric ester groups is 1. The van der Waals surface area contributed by atoms with Gasteiger partial charge in [0.25, 0.3) is 0 Å². The van der Waals surface area contributed by atoms with Crippen molar-refractivity contribution in [1.29, 1.82) is 0 Å². The normalized spacial score (nSPS) is 14.2. The van der Waals surface area contributed by atoms with Crippen LogP contribution in [-0.2, 0) is 23.1 Å². The summed E-state index contributed by atoms with van der Waals surface area (Å²) in [6, 6.07) is 0. The standard InChI is InChI=1S/C44H88NO6P/c1-6-8-10-12-14-16-18-20-22-24-26-28-30-32-34-36-39-48-42-44(43-51-52(46,47)50-41-38-45(3,4)5)49-40-37-35-33-31-29-27-25-23-21-19-17-15-13-11-9-7-2/h20,22,25,27,44H,6-19,21,23-24,26,28-43H2,1-5H3/p+1/b22-20-,27-25-/t44-/m1/s1. The van der Waals surface area contributed by atoms with Gasteiger partial charge in [0.15, 0.2) is 0 Å². The monoisotopic (exact) mass is 759 g/mol. The van der Waals surface area contributed by atoms with E-state index < -0.39 is 13.9 Å². The summed E-state index contributed by atoms with van der Waals surface area (Å²) in [6.45, 7) is 6.92. The molecule has 2 atom stereocenters. The number of rotatable bonds is 42. The Morgan fingerprint density at radius 3 is 1.31 bits per heavy atom. The van der Waals surface area contributed by atoms with Gasteiger partial charge in [-0.3, -0.25) is 9.05 Å². The van der Waals surface area contributed by atoms with E-state index in [1.807, 2.05) is 21.1 Å². The quantitative estimate of drug-likeness (QED) is 0.0289. The molecule has 0 aliphatic carbocycles. The molecule has 1 N–H and O–H groups in total. The number of nitrogens with zero attached hydrogens (tertiary/aromatic N) is 1. The maximum Gasteiger partial charge on any atom is 0.472 e. The molecule has 0 spiro atoms. The summed E-state index contributed by atoms with van der Waals surface area (Å²) in [4.78, 5) is 10.2. The van der Waals surface area contributed by atoms with E-state index in [4.69, 9.17) is 18.5 Å². The van der Waals surface area contributed by atoms with Gasteiger partial charge in [0, 0.05) is 13.2 Å². The van der Waals surface area contributed by atoms with Crippen LogP contribution < -0.4 is 0 Å². The lowest BCUT2D eigenvalue weighted by atomic mass is 10.1. The fourth-order valence-electron chi connectivity index (χ4n) is 6.05. The molecule has 1 unspecified atom stereocenters. The highest BCUT2D eigenvalue weighted by atomic mass is 31.2. The molecule has 0 rings (SSSR count). The van der Waals surface area contributed by atoms with Gasteiger partial charge < -0.3 is 18.9 Å². The van der Waals surface area contributed by atoms with Crippen molar-refractivity contribution in [2.45, 2.75) is 200 Å². The van der Waals surface area contributed by atoms with Crippen molar-refractivity contribution in [2.24, 2.45) is 0 Å². The van der Waals surface area contributed by atoms with Crippen LogP contribution in [0.25, 0.3) is 0 Å². The molecule has 0 saturated carbocycles. The molecule has 0 aromatic heterocycles. The molecule has 0 saturated heterocycles. The third-order valence-corrected chi connectivity index (χ3v) is 10.5. The van der Waals surface area contributed by atoms with Crippen LogP contribution in [0.1, 0.15) is 194 Å². The lowest BCUT2D eigenvalue weighted by Gasteiger charge is -2.24. The van der Waals surface area contributed by atoms with Crippen LogP contribution in [0.15, 0.2) is 24.3 Å². The number of hydrogen-bond acceptors (Lipinski definition) is 5. The molecule has 0 aromatic carbocycles. The Bertz CT molecular complexity index is 830. The van der Waals surface area contributed by atoms with E-state index in [1.54, 1.807) is 0 Å². The minimum atomic E-state index is -4.14. The van der Waals surface area contributed by atoms with Crippen LogP contribution in [0.5, 0.6) is 0 Å². The Kier molecular flexibility index (Phi) is 38.3. The number of quaternary nitrogens is 1. The minimum Gasteiger partial charge on any atom is -0.379 e. The first-order valence-electron chi connectivity index (χ1n) is 22.1. The van der Waals surface area contributed by atoms with E-state index in [0.717, 1.165) is 32.1 Å². The van der Waals surface area contributed by atoms with Crippen LogP contribution >= 0.6 is 7.82 Å². The Labute approximate surface area is 324 Å². The smallest absolute Gasteiger partial charge is 0.379 e. The molecular weight excluding hydrogens is 669 g/mol. The molecule has 0 aromatic rings. The van der Waals surface area contributed by atoms with Crippen LogP contribution in [-0.4, -0.2) is 76.2 Å². The van der Waals surface area contributed by atoms with Gasteiger partial charge in [-0.2, -0.15) is 0 Å². The van der Waals surface area contributed by atoms with Gasteiger partial charge >= 0.3 is 7.82 Å². The zero-order valence-corrected chi connectivity index (χ0v) is 36.2. The molecule has 0 bridgehead atoms. The third-order valence-electron chi connectivity index (χ3n) is 9.55. The van der Waals surface area contributed by atoms with E-state index in [2.05, 4.69) is 38.2 Å². The number of allylic oxidation sites excluding steroid dienone is 4. The minimum absolute atomic E-state index is 0.0186. The Hall–Kier alpha value is -0.530. The van der Waals surface area contributed by atoms with Gasteiger partial charge in [-0.1, -0.05) is 154 Å². The molecule has 52 heavy (non-hydrogen) atoms. The van der Waals surface area contributed by atoms with Crippen LogP contribution in [0.3, 0.4) is 0 Å². The summed E-state index contributed by atoms with van der Waals surface area (Å²) in [5.41, 5.74) is 0. The van der Waals surface area contributed by atoms with E-state index in [9.17, 15) is 9.46 Å². The van der Waals surface area contributed by atoms with E-state index in [1.165, 1.54) is 148 Å². The Morgan fingerprint density at radius 1 is 0.500 bits per heavy atom. The van der Waals surface area contributed by atoms with Gasteiger partial charge in [-0.25, -0.2) is 4.57 Å². The number of ether oxygens (including phenoxy) is 2. The lowest BCUT2D eigenvalue weighted by molar-refractivity contribution is -0.870. The predicted molar refractivity (Wildman–Crippen MR) is 224 cm³/mol. The fourth-order valence-corrected chi connectivity index (χ4v) is 6.80. The summed E-state index contributed by atoms with van der Waals surface area (Å²) in [6.07, 6.45) is 44.9. The number of likely N-dealkylation sites (N-methyl/N-ethyl adjacent to an activating group) is 1. The zero-order valence-electron chi connectivity index (χ0n) is 35.3. The fraction of sp³-hybridized carbons (Fsp3) is 0.909. The van der Waals surface area contributed by atoms with Gasteiger partial charge in [0.1, 0.15) is 19.3 Å². The summed E-state index contributed by atoms with van der Waals surface area (Å²) >= 11 is 0. The van der Waals surface area contributed by atoms with E-state index in [0.29, 0.717) is 30.8 Å². The third kappa shape index (κ3) is 42.2. The second-order valence-electron chi connectivity index (χ2n) is 16.1. The molecule has 0 aliphatic rings. The highest BCUT2D eigenvalue weighted by molar-refractivity contribution is 7.47. The summed E-state index contributed by atoms with van der Waals surface area (Å²) in [5, 5.41) is 0. The number of unbranched alkanes of at least 4 members (excludes halogenated alkanes) is 24. The average molecular weight is 759 g/mol. The van der Waals surface area contributed by atoms with Gasteiger partial charge in [-0.15, -0.1) is 0 Å². The molecule has 0 radical (unpaired) electrons. The largest absolute Gasteiger partial charge is 0.472 e. The van der Waals surface area contributed by atoms with E-state index in [-0.39, 0.29) is 13.2 Å². The van der Waals surface area contributed by atoms with Gasteiger partial charge in [0.2, 0.25) is 0 Å². The highest BCUT2D eigenvalue weighted by Crippen LogP contribution is 2.43. The van der Waals surface area contributed by atoms with Crippen molar-refractivity contribution >= 4 is 7.82 Å². The van der Waals surface area contributed by atoms with Crippen LogP contribution in [0.4, 0.5) is 0 Å². The maximum atomic E-state index is 12.5. The van der Waals surface area contributed by atoms with Crippen LogP contribution in [0, 0.1) is 0 Å². The van der Waals surface area contributed by atoms with Crippen molar-refractivity contribution in [3.8, 4) is 0 Å². The lowest BCUT2D eigenvalue weighted by Crippen LogP contribution is -2.37. The topological polar surface area (TPSA) is 74.2 Å². The Morgan fingerprint density at radius 2 is 0.885 bits per heavy atom. The van der Waals surface area contributed by atoms with Gasteiger partial charge in [0.05, 0.1) is 34.4 Å². The predicted octanol–water partition coefficient (Wildman–Crippen LogP) is 13.3. The number of hydrogen-bond donors (Lipinski definition) is 1. The van der Waals surface area contributed by atoms with Crippen molar-refractivity contribution in [2.75, 3.05) is 60.7 Å². The molecule has 0 amide bonds. The molecule has 0 heterocycles. The summed E-state index contributed by atoms with van der Waals surface area (Å²) in [5.74, 6) is 0. The van der Waals surface area contributed by atoms with Crippen molar-refractivity contribution in [3.05, 3.63) is 24.3 Å². The van der Waals surface area contributed by atoms with E-state index >= 15 is 0 Å². The molecular formula is C44H89NO6P+. The first-order valence-corrected chi connectivity index (χ1v) is 23.6. The molecule has 310 valence electrons. The average Bonchev–Trinajstić information content (AvgIpc) is 3.10. The van der Waals surface area contributed by atoms with Crippen LogP contribution in [0.2, 0.25) is 0 Å². The number of phosphoric acid groups is 1. The first-order chi connectivity index (χ1) is 25.2. The SMILES string of the molecule is CCCCCCCC/C=C\CCCCCCCCOC[C@H](COP(=O)(O)OCC[N+](C)(C)C)OCCCCCC/C=C\CCCCCCCCCC. The second kappa shape index (κ2) is 38.7. The van der Waals surface area contributed by atoms with Crippen molar-refractivity contribution < 1.29 is 32.5 Å². The highest BCUT2D eigenvalue weighted by Gasteiger charge is 2.25.